The maximum absolute atomic E-state index is 5.91. The van der Waals surface area contributed by atoms with Gasteiger partial charge in [0.2, 0.25) is 0 Å². The highest BCUT2D eigenvalue weighted by molar-refractivity contribution is 14.0. The van der Waals surface area contributed by atoms with Crippen LogP contribution in [-0.2, 0) is 18.3 Å². The average molecular weight is 508 g/mol. The van der Waals surface area contributed by atoms with Gasteiger partial charge < -0.3 is 19.5 Å². The molecule has 0 radical (unpaired) electrons. The van der Waals surface area contributed by atoms with E-state index in [4.69, 9.17) is 9.26 Å². The van der Waals surface area contributed by atoms with Gasteiger partial charge in [0.05, 0.1) is 25.9 Å². The van der Waals surface area contributed by atoms with Gasteiger partial charge in [-0.3, -0.25) is 9.67 Å². The second kappa shape index (κ2) is 9.88. The SMILES string of the molecule is CN=C(NCc1cc(-c2ccccc2)no1)N1CCOC(c2cnn(C)c2)C1.I. The molecule has 1 aliphatic rings. The lowest BCUT2D eigenvalue weighted by atomic mass is 10.1. The number of hydrogen-bond acceptors (Lipinski definition) is 5. The number of nitrogens with one attached hydrogen (secondary N) is 1. The van der Waals surface area contributed by atoms with Gasteiger partial charge in [0.1, 0.15) is 11.8 Å². The molecule has 1 saturated heterocycles. The highest BCUT2D eigenvalue weighted by Crippen LogP contribution is 2.22. The lowest BCUT2D eigenvalue weighted by Crippen LogP contribution is -2.47. The summed E-state index contributed by atoms with van der Waals surface area (Å²) >= 11 is 0. The summed E-state index contributed by atoms with van der Waals surface area (Å²) in [5.41, 5.74) is 2.94. The van der Waals surface area contributed by atoms with Crippen molar-refractivity contribution in [2.75, 3.05) is 26.7 Å². The molecule has 1 N–H and O–H groups in total. The molecule has 1 unspecified atom stereocenters. The zero-order valence-electron chi connectivity index (χ0n) is 16.5. The third kappa shape index (κ3) is 5.15. The third-order valence-corrected chi connectivity index (χ3v) is 4.72. The Labute approximate surface area is 186 Å². The number of aromatic nitrogens is 3. The molecule has 1 aromatic carbocycles. The molecule has 29 heavy (non-hydrogen) atoms. The van der Waals surface area contributed by atoms with Crippen molar-refractivity contribution in [3.8, 4) is 11.3 Å². The van der Waals surface area contributed by atoms with Crippen molar-refractivity contribution in [2.45, 2.75) is 12.6 Å². The predicted octanol–water partition coefficient (Wildman–Crippen LogP) is 2.84. The first-order chi connectivity index (χ1) is 13.7. The molecule has 0 spiro atoms. The number of nitrogens with zero attached hydrogens (tertiary/aromatic N) is 5. The van der Waals surface area contributed by atoms with E-state index in [1.807, 2.05) is 55.8 Å². The van der Waals surface area contributed by atoms with Crippen LogP contribution in [0.5, 0.6) is 0 Å². The van der Waals surface area contributed by atoms with Crippen molar-refractivity contribution in [1.82, 2.24) is 25.2 Å². The highest BCUT2D eigenvalue weighted by Gasteiger charge is 2.25. The van der Waals surface area contributed by atoms with Gasteiger partial charge in [-0.05, 0) is 0 Å². The second-order valence-electron chi connectivity index (χ2n) is 6.70. The minimum Gasteiger partial charge on any atom is -0.370 e. The van der Waals surface area contributed by atoms with Crippen molar-refractivity contribution in [3.05, 3.63) is 60.1 Å². The minimum absolute atomic E-state index is 0. The molecule has 0 saturated carbocycles. The first-order valence-electron chi connectivity index (χ1n) is 9.29. The number of rotatable bonds is 4. The van der Waals surface area contributed by atoms with Gasteiger partial charge in [-0.25, -0.2) is 0 Å². The van der Waals surface area contributed by atoms with Gasteiger partial charge in [0, 0.05) is 44.0 Å². The molecular formula is C20H25IN6O2. The van der Waals surface area contributed by atoms with Crippen LogP contribution in [0.25, 0.3) is 11.3 Å². The maximum Gasteiger partial charge on any atom is 0.194 e. The summed E-state index contributed by atoms with van der Waals surface area (Å²) in [7, 11) is 3.69. The Bertz CT molecular complexity index is 939. The largest absolute Gasteiger partial charge is 0.370 e. The van der Waals surface area contributed by atoms with Crippen LogP contribution in [0, 0.1) is 0 Å². The van der Waals surface area contributed by atoms with Gasteiger partial charge in [-0.2, -0.15) is 5.10 Å². The standard InChI is InChI=1S/C20H24N6O2.HI/c1-21-20(26-8-9-27-19(14-26)16-11-23-25(2)13-16)22-12-17-10-18(24-28-17)15-6-4-3-5-7-15;/h3-7,10-11,13,19H,8-9,12,14H2,1-2H3,(H,21,22);1H. The summed E-state index contributed by atoms with van der Waals surface area (Å²) in [6, 6.07) is 11.9. The van der Waals surface area contributed by atoms with Crippen LogP contribution >= 0.6 is 24.0 Å². The van der Waals surface area contributed by atoms with Crippen LogP contribution in [0.3, 0.4) is 0 Å². The molecule has 2 aromatic heterocycles. The fourth-order valence-electron chi connectivity index (χ4n) is 3.29. The number of aliphatic imine (C=N–C) groups is 1. The van der Waals surface area contributed by atoms with Crippen LogP contribution in [0.1, 0.15) is 17.4 Å². The summed E-state index contributed by atoms with van der Waals surface area (Å²) in [4.78, 5) is 6.61. The van der Waals surface area contributed by atoms with Crippen LogP contribution in [-0.4, -0.2) is 52.5 Å². The molecule has 3 heterocycles. The van der Waals surface area contributed by atoms with Crippen molar-refractivity contribution >= 4 is 29.9 Å². The summed E-state index contributed by atoms with van der Waals surface area (Å²) < 4.78 is 13.2. The average Bonchev–Trinajstić information content (AvgIpc) is 3.39. The van der Waals surface area contributed by atoms with E-state index in [-0.39, 0.29) is 30.1 Å². The summed E-state index contributed by atoms with van der Waals surface area (Å²) in [5.74, 6) is 1.58. The van der Waals surface area contributed by atoms with E-state index in [0.29, 0.717) is 13.2 Å². The molecule has 0 amide bonds. The Morgan fingerprint density at radius 2 is 2.14 bits per heavy atom. The Hall–Kier alpha value is -2.40. The molecule has 0 aliphatic carbocycles. The number of guanidine groups is 1. The van der Waals surface area contributed by atoms with Gasteiger partial charge in [-0.1, -0.05) is 35.5 Å². The minimum atomic E-state index is -0.0176. The lowest BCUT2D eigenvalue weighted by Gasteiger charge is -2.34. The topological polar surface area (TPSA) is 80.7 Å². The third-order valence-electron chi connectivity index (χ3n) is 4.72. The number of aryl methyl sites for hydroxylation is 1. The smallest absolute Gasteiger partial charge is 0.194 e. The van der Waals surface area contributed by atoms with Crippen LogP contribution < -0.4 is 5.32 Å². The van der Waals surface area contributed by atoms with Gasteiger partial charge >= 0.3 is 0 Å². The van der Waals surface area contributed by atoms with E-state index in [1.54, 1.807) is 11.7 Å². The number of ether oxygens (including phenoxy) is 1. The molecule has 154 valence electrons. The van der Waals surface area contributed by atoms with Gasteiger partial charge in [0.15, 0.2) is 11.7 Å². The van der Waals surface area contributed by atoms with Crippen LogP contribution in [0.2, 0.25) is 0 Å². The van der Waals surface area contributed by atoms with E-state index in [1.165, 1.54) is 0 Å². The Morgan fingerprint density at radius 1 is 1.31 bits per heavy atom. The Balaban J connectivity index is 0.00000240. The number of hydrogen-bond donors (Lipinski definition) is 1. The zero-order valence-corrected chi connectivity index (χ0v) is 18.8. The Morgan fingerprint density at radius 3 is 2.86 bits per heavy atom. The van der Waals surface area contributed by atoms with Gasteiger partial charge in [-0.15, -0.1) is 24.0 Å². The molecule has 9 heteroatoms. The van der Waals surface area contributed by atoms with Crippen molar-refractivity contribution in [2.24, 2.45) is 12.0 Å². The van der Waals surface area contributed by atoms with Crippen molar-refractivity contribution < 1.29 is 9.26 Å². The molecule has 1 atom stereocenters. The normalized spacial score (nSPS) is 17.1. The molecule has 1 aliphatic heterocycles. The highest BCUT2D eigenvalue weighted by atomic mass is 127. The second-order valence-corrected chi connectivity index (χ2v) is 6.70. The lowest BCUT2D eigenvalue weighted by molar-refractivity contribution is -0.00808. The fourth-order valence-corrected chi connectivity index (χ4v) is 3.29. The summed E-state index contributed by atoms with van der Waals surface area (Å²) in [6.07, 6.45) is 3.82. The summed E-state index contributed by atoms with van der Waals surface area (Å²) in [6.45, 7) is 2.65. The monoisotopic (exact) mass is 508 g/mol. The molecular weight excluding hydrogens is 483 g/mol. The van der Waals surface area contributed by atoms with E-state index in [0.717, 1.165) is 41.6 Å². The molecule has 1 fully saturated rings. The number of halogens is 1. The quantitative estimate of drug-likeness (QED) is 0.332. The molecule has 4 rings (SSSR count). The van der Waals surface area contributed by atoms with Crippen LogP contribution in [0.15, 0.2) is 58.3 Å². The van der Waals surface area contributed by atoms with Gasteiger partial charge in [0.25, 0.3) is 0 Å². The van der Waals surface area contributed by atoms with E-state index in [2.05, 4.69) is 25.5 Å². The molecule has 0 bridgehead atoms. The van der Waals surface area contributed by atoms with Crippen molar-refractivity contribution in [3.63, 3.8) is 0 Å². The maximum atomic E-state index is 5.91. The zero-order chi connectivity index (χ0) is 19.3. The van der Waals surface area contributed by atoms with E-state index < -0.39 is 0 Å². The number of morpholine rings is 1. The Kier molecular flexibility index (Phi) is 7.26. The predicted molar refractivity (Wildman–Crippen MR) is 121 cm³/mol. The summed E-state index contributed by atoms with van der Waals surface area (Å²) in [5, 5.41) is 11.8. The van der Waals surface area contributed by atoms with E-state index >= 15 is 0 Å². The first kappa shape index (κ1) is 21.3. The van der Waals surface area contributed by atoms with Crippen molar-refractivity contribution in [1.29, 1.82) is 0 Å². The molecule has 3 aromatic rings. The van der Waals surface area contributed by atoms with Crippen LogP contribution in [0.4, 0.5) is 0 Å². The fraction of sp³-hybridized carbons (Fsp3) is 0.350. The van der Waals surface area contributed by atoms with E-state index in [9.17, 15) is 0 Å². The first-order valence-corrected chi connectivity index (χ1v) is 9.29. The number of benzene rings is 1. The molecule has 8 nitrogen and oxygen atoms in total.